The summed E-state index contributed by atoms with van der Waals surface area (Å²) in [5.74, 6) is 0. The first-order valence-electron chi connectivity index (χ1n) is 4.27. The Morgan fingerprint density at radius 3 is 2.46 bits per heavy atom. The summed E-state index contributed by atoms with van der Waals surface area (Å²) in [5, 5.41) is 8.74. The molecular formula is C11H13NO. The number of aromatic nitrogens is 1. The first-order valence-corrected chi connectivity index (χ1v) is 4.27. The van der Waals surface area contributed by atoms with Crippen molar-refractivity contribution >= 4 is 0 Å². The summed E-state index contributed by atoms with van der Waals surface area (Å²) >= 11 is 0. The third kappa shape index (κ3) is 4.23. The van der Waals surface area contributed by atoms with Crippen LogP contribution in [0.1, 0.15) is 5.69 Å². The Morgan fingerprint density at radius 2 is 1.69 bits per heavy atom. The van der Waals surface area contributed by atoms with Crippen molar-refractivity contribution in [2.45, 2.75) is 6.42 Å². The molecule has 1 aromatic heterocycles. The highest BCUT2D eigenvalue weighted by Crippen LogP contribution is 1.90. The van der Waals surface area contributed by atoms with E-state index < -0.39 is 0 Å². The first-order chi connectivity index (χ1) is 6.43. The van der Waals surface area contributed by atoms with Gasteiger partial charge in [-0.25, -0.2) is 0 Å². The van der Waals surface area contributed by atoms with E-state index >= 15 is 0 Å². The van der Waals surface area contributed by atoms with Crippen LogP contribution in [0.4, 0.5) is 0 Å². The number of hydrogen-bond acceptors (Lipinski definition) is 2. The van der Waals surface area contributed by atoms with E-state index in [0.29, 0.717) is 6.42 Å². The van der Waals surface area contributed by atoms with E-state index in [0.717, 1.165) is 5.69 Å². The number of rotatable bonds is 2. The summed E-state index contributed by atoms with van der Waals surface area (Å²) in [4.78, 5) is 4.18. The van der Waals surface area contributed by atoms with Crippen molar-refractivity contribution in [3.05, 3.63) is 54.4 Å². The van der Waals surface area contributed by atoms with Crippen LogP contribution < -0.4 is 0 Å². The largest absolute Gasteiger partial charge is 0.396 e. The van der Waals surface area contributed by atoms with Crippen molar-refractivity contribution in [3.8, 4) is 0 Å². The molecule has 1 heterocycles. The van der Waals surface area contributed by atoms with Gasteiger partial charge >= 0.3 is 0 Å². The third-order valence-corrected chi connectivity index (χ3v) is 1.54. The van der Waals surface area contributed by atoms with E-state index in [4.69, 9.17) is 5.11 Å². The molecule has 0 bridgehead atoms. The number of aliphatic hydroxyl groups excluding tert-OH is 1. The van der Waals surface area contributed by atoms with Crippen molar-refractivity contribution in [1.82, 2.24) is 4.98 Å². The highest BCUT2D eigenvalue weighted by molar-refractivity contribution is 5.02. The lowest BCUT2D eigenvalue weighted by Crippen LogP contribution is -1.90. The average molecular weight is 175 g/mol. The molecule has 0 saturated carbocycles. The molecule has 0 aliphatic heterocycles. The van der Waals surface area contributed by atoms with Gasteiger partial charge in [0.1, 0.15) is 0 Å². The molecule has 0 saturated heterocycles. The molecule has 0 radical (unpaired) electrons. The molecule has 1 rings (SSSR count). The Hall–Kier alpha value is -1.41. The molecule has 68 valence electrons. The zero-order valence-electron chi connectivity index (χ0n) is 7.43. The molecule has 2 heteroatoms. The molecule has 0 spiro atoms. The molecule has 1 N–H and O–H groups in total. The fourth-order valence-corrected chi connectivity index (χ4v) is 0.917. The van der Waals surface area contributed by atoms with Crippen LogP contribution in [0, 0.1) is 0 Å². The fourth-order valence-electron chi connectivity index (χ4n) is 0.917. The van der Waals surface area contributed by atoms with E-state index in [1.54, 1.807) is 6.20 Å². The molecule has 0 aliphatic carbocycles. The number of aliphatic hydroxyl groups is 1. The normalized spacial score (nSPS) is 9.00. The average Bonchev–Trinajstić information content (AvgIpc) is 2.16. The number of hydrogen-bond donors (Lipinski definition) is 1. The molecule has 0 aliphatic rings. The Bertz CT molecular complexity index is 273. The predicted molar refractivity (Wildman–Crippen MR) is 52.7 cm³/mol. The molecule has 0 unspecified atom stereocenters. The van der Waals surface area contributed by atoms with E-state index in [2.05, 4.69) is 4.98 Å². The Balaban J connectivity index is 2.97. The van der Waals surface area contributed by atoms with Gasteiger partial charge in [-0.3, -0.25) is 4.98 Å². The summed E-state index contributed by atoms with van der Waals surface area (Å²) in [6, 6.07) is 13.4. The minimum Gasteiger partial charge on any atom is -0.396 e. The van der Waals surface area contributed by atoms with Gasteiger partial charge in [0, 0.05) is 24.9 Å². The van der Waals surface area contributed by atoms with Crippen molar-refractivity contribution in [2.75, 3.05) is 6.61 Å². The second-order valence-corrected chi connectivity index (χ2v) is 2.56. The lowest BCUT2D eigenvalue weighted by atomic mass is 10.3. The molecule has 0 amide bonds. The molecule has 1 aromatic rings. The molecule has 0 aromatic carbocycles. The Labute approximate surface area is 78.2 Å². The summed E-state index contributed by atoms with van der Waals surface area (Å²) < 4.78 is 0. The van der Waals surface area contributed by atoms with Gasteiger partial charge in [-0.2, -0.15) is 0 Å². The van der Waals surface area contributed by atoms with Crippen LogP contribution >= 0.6 is 0 Å². The van der Waals surface area contributed by atoms with E-state index in [1.165, 1.54) is 0 Å². The lowest BCUT2D eigenvalue weighted by molar-refractivity contribution is 0.298. The van der Waals surface area contributed by atoms with Crippen LogP contribution in [-0.2, 0) is 6.42 Å². The summed E-state index contributed by atoms with van der Waals surface area (Å²) in [6.45, 7) is 0.135. The molecule has 2 nitrogen and oxygen atoms in total. The predicted octanol–water partition coefficient (Wildman–Crippen LogP) is 1.74. The van der Waals surface area contributed by atoms with Gasteiger partial charge in [0.05, 0.1) is 0 Å². The summed E-state index contributed by atoms with van der Waals surface area (Å²) in [6.07, 6.45) is 2.32. The maximum absolute atomic E-state index is 8.74. The van der Waals surface area contributed by atoms with Crippen molar-refractivity contribution < 1.29 is 5.11 Å². The lowest BCUT2D eigenvalue weighted by Gasteiger charge is -1.90. The quantitative estimate of drug-likeness (QED) is 0.742. The SMILES string of the molecule is OCCc1ccccccccn1. The van der Waals surface area contributed by atoms with Gasteiger partial charge in [-0.05, 0) is 12.1 Å². The smallest absolute Gasteiger partial charge is 0.0486 e. The molecule has 0 fully saturated rings. The maximum Gasteiger partial charge on any atom is 0.0486 e. The van der Waals surface area contributed by atoms with Gasteiger partial charge in [0.15, 0.2) is 0 Å². The number of nitrogens with zero attached hydrogens (tertiary/aromatic N) is 1. The van der Waals surface area contributed by atoms with Gasteiger partial charge in [0.25, 0.3) is 0 Å². The minimum atomic E-state index is 0.135. The molecule has 0 atom stereocenters. The van der Waals surface area contributed by atoms with Gasteiger partial charge < -0.3 is 5.11 Å². The zero-order chi connectivity index (χ0) is 9.36. The second kappa shape index (κ2) is 6.14. The van der Waals surface area contributed by atoms with Crippen LogP contribution in [0.15, 0.2) is 48.7 Å². The van der Waals surface area contributed by atoms with Crippen LogP contribution in [0.2, 0.25) is 0 Å². The van der Waals surface area contributed by atoms with Gasteiger partial charge in [-0.1, -0.05) is 30.3 Å². The first kappa shape index (κ1) is 9.68. The molecular weight excluding hydrogens is 162 g/mol. The monoisotopic (exact) mass is 175 g/mol. The van der Waals surface area contributed by atoms with Crippen molar-refractivity contribution in [3.63, 3.8) is 0 Å². The second-order valence-electron chi connectivity index (χ2n) is 2.56. The summed E-state index contributed by atoms with van der Waals surface area (Å²) in [7, 11) is 0. The van der Waals surface area contributed by atoms with E-state index in [9.17, 15) is 0 Å². The Kier molecular flexibility index (Phi) is 4.57. The van der Waals surface area contributed by atoms with Gasteiger partial charge in [-0.15, -0.1) is 0 Å². The maximum atomic E-state index is 8.74. The Morgan fingerprint density at radius 1 is 1.00 bits per heavy atom. The van der Waals surface area contributed by atoms with Crippen molar-refractivity contribution in [2.24, 2.45) is 0 Å². The highest BCUT2D eigenvalue weighted by atomic mass is 16.3. The molecule has 13 heavy (non-hydrogen) atoms. The van der Waals surface area contributed by atoms with Crippen LogP contribution in [0.5, 0.6) is 0 Å². The topological polar surface area (TPSA) is 33.1 Å². The highest BCUT2D eigenvalue weighted by Gasteiger charge is 1.85. The summed E-state index contributed by atoms with van der Waals surface area (Å²) in [5.41, 5.74) is 0.888. The van der Waals surface area contributed by atoms with Crippen molar-refractivity contribution in [1.29, 1.82) is 0 Å². The van der Waals surface area contributed by atoms with Crippen LogP contribution in [0.3, 0.4) is 0 Å². The van der Waals surface area contributed by atoms with E-state index in [-0.39, 0.29) is 6.61 Å². The van der Waals surface area contributed by atoms with Crippen LogP contribution in [0.25, 0.3) is 0 Å². The fraction of sp³-hybridized carbons (Fsp3) is 0.182. The van der Waals surface area contributed by atoms with Crippen LogP contribution in [-0.4, -0.2) is 16.7 Å². The third-order valence-electron chi connectivity index (χ3n) is 1.54. The van der Waals surface area contributed by atoms with E-state index in [1.807, 2.05) is 42.5 Å². The zero-order valence-corrected chi connectivity index (χ0v) is 7.43. The standard InChI is InChI=1S/C11H13NO/c13-10-8-11-7-5-3-1-2-4-6-9-12-11/h1-7,9,13H,8,10H2. The minimum absolute atomic E-state index is 0.135. The van der Waals surface area contributed by atoms with Gasteiger partial charge in [0.2, 0.25) is 0 Å².